The van der Waals surface area contributed by atoms with Gasteiger partial charge in [-0.05, 0) is 64.0 Å². The van der Waals surface area contributed by atoms with Crippen LogP contribution in [0.4, 0.5) is 17.1 Å². The Morgan fingerprint density at radius 2 is 1.04 bits per heavy atom. The zero-order chi connectivity index (χ0) is 34.9. The van der Waals surface area contributed by atoms with Crippen molar-refractivity contribution in [3.63, 3.8) is 0 Å². The Kier molecular flexibility index (Phi) is 6.69. The number of aromatic nitrogens is 3. The minimum Gasteiger partial charge on any atom is -0.310 e. The van der Waals surface area contributed by atoms with Crippen LogP contribution < -0.4 is 4.90 Å². The number of hydrogen-bond donors (Lipinski definition) is 0. The first-order chi connectivity index (χ1) is 26.3. The van der Waals surface area contributed by atoms with Crippen molar-refractivity contribution in [1.29, 1.82) is 0 Å². The third kappa shape index (κ3) is 4.68. The fourth-order valence-corrected chi connectivity index (χ4v) is 9.21. The SMILES string of the molecule is c1ccc(-c2nc(-n3c4cc(N(c5ccccc5)c5ccccc5)ccc4c4c5ccccc5ccc43)c3c(n2)sc2c4ccccc4ccc23)cc1. The Balaban J connectivity index is 1.30. The molecular formula is C48H30N4S. The smallest absolute Gasteiger partial charge is 0.163 e. The summed E-state index contributed by atoms with van der Waals surface area (Å²) in [4.78, 5) is 14.1. The molecule has 0 amide bonds. The standard InChI is InChI=1S/C48H30N4S/c1-4-16-33(17-5-1)46-49-47(44-40-27-24-32-15-11-13-23-38(32)45(40)53-48(44)50-46)52-41-29-25-31-14-10-12-22-37(31)43(41)39-28-26-36(30-42(39)52)51(34-18-6-2-7-19-34)35-20-8-3-9-21-35/h1-30H. The zero-order valence-electron chi connectivity index (χ0n) is 28.5. The van der Waals surface area contributed by atoms with Crippen LogP contribution in [0.3, 0.4) is 0 Å². The first-order valence-corrected chi connectivity index (χ1v) is 18.7. The van der Waals surface area contributed by atoms with E-state index in [1.54, 1.807) is 11.3 Å². The second kappa shape index (κ2) is 11.9. The van der Waals surface area contributed by atoms with E-state index in [2.05, 4.69) is 185 Å². The molecule has 0 aliphatic heterocycles. The highest BCUT2D eigenvalue weighted by Gasteiger charge is 2.24. The van der Waals surface area contributed by atoms with Gasteiger partial charge in [-0.2, -0.15) is 0 Å². The molecule has 11 rings (SSSR count). The summed E-state index contributed by atoms with van der Waals surface area (Å²) >= 11 is 1.75. The molecule has 0 radical (unpaired) electrons. The Morgan fingerprint density at radius 1 is 0.434 bits per heavy atom. The molecule has 0 spiro atoms. The number of anilines is 3. The molecule has 53 heavy (non-hydrogen) atoms. The molecule has 0 fully saturated rings. The van der Waals surface area contributed by atoms with E-state index in [0.717, 1.165) is 49.7 Å². The van der Waals surface area contributed by atoms with Gasteiger partial charge in [0.25, 0.3) is 0 Å². The molecule has 3 aromatic heterocycles. The summed E-state index contributed by atoms with van der Waals surface area (Å²) in [5.74, 6) is 1.60. The average Bonchev–Trinajstić information content (AvgIpc) is 3.78. The van der Waals surface area contributed by atoms with Crippen molar-refractivity contribution < 1.29 is 0 Å². The Bertz CT molecular complexity index is 3130. The fourth-order valence-electron chi connectivity index (χ4n) is 8.01. The van der Waals surface area contributed by atoms with E-state index in [0.29, 0.717) is 5.82 Å². The molecule has 248 valence electrons. The Hall–Kier alpha value is -6.82. The van der Waals surface area contributed by atoms with E-state index in [9.17, 15) is 0 Å². The van der Waals surface area contributed by atoms with Gasteiger partial charge in [0, 0.05) is 43.5 Å². The molecule has 5 heteroatoms. The molecule has 0 N–H and O–H groups in total. The van der Waals surface area contributed by atoms with Gasteiger partial charge in [0.1, 0.15) is 4.83 Å². The quantitative estimate of drug-likeness (QED) is 0.180. The van der Waals surface area contributed by atoms with Crippen LogP contribution in [0.15, 0.2) is 182 Å². The second-order valence-electron chi connectivity index (χ2n) is 13.4. The largest absolute Gasteiger partial charge is 0.310 e. The van der Waals surface area contributed by atoms with E-state index in [-0.39, 0.29) is 0 Å². The third-order valence-electron chi connectivity index (χ3n) is 10.4. The van der Waals surface area contributed by atoms with Gasteiger partial charge >= 0.3 is 0 Å². The summed E-state index contributed by atoms with van der Waals surface area (Å²) in [5, 5.41) is 9.52. The van der Waals surface area contributed by atoms with E-state index in [1.165, 1.54) is 42.4 Å². The number of benzene rings is 8. The van der Waals surface area contributed by atoms with E-state index in [1.807, 2.05) is 6.07 Å². The molecule has 11 aromatic rings. The average molecular weight is 695 g/mol. The first-order valence-electron chi connectivity index (χ1n) is 17.8. The van der Waals surface area contributed by atoms with Gasteiger partial charge in [0.05, 0.1) is 16.4 Å². The van der Waals surface area contributed by atoms with Gasteiger partial charge in [0.15, 0.2) is 11.6 Å². The molecular weight excluding hydrogens is 665 g/mol. The van der Waals surface area contributed by atoms with Gasteiger partial charge in [-0.15, -0.1) is 11.3 Å². The third-order valence-corrected chi connectivity index (χ3v) is 11.5. The highest BCUT2D eigenvalue weighted by Crippen LogP contribution is 2.45. The van der Waals surface area contributed by atoms with Crippen molar-refractivity contribution in [2.24, 2.45) is 0 Å². The normalized spacial score (nSPS) is 11.8. The summed E-state index contributed by atoms with van der Waals surface area (Å²) in [7, 11) is 0. The van der Waals surface area contributed by atoms with Crippen molar-refractivity contribution in [3.8, 4) is 17.2 Å². The minimum atomic E-state index is 0.714. The van der Waals surface area contributed by atoms with Crippen LogP contribution in [0.5, 0.6) is 0 Å². The Morgan fingerprint density at radius 3 is 1.77 bits per heavy atom. The molecule has 0 saturated carbocycles. The molecule has 0 aliphatic rings. The first kappa shape index (κ1) is 29.9. The molecule has 0 saturated heterocycles. The van der Waals surface area contributed by atoms with Crippen LogP contribution in [-0.4, -0.2) is 14.5 Å². The maximum absolute atomic E-state index is 5.53. The number of para-hydroxylation sites is 2. The van der Waals surface area contributed by atoms with E-state index in [4.69, 9.17) is 9.97 Å². The predicted octanol–water partition coefficient (Wildman–Crippen LogP) is 13.4. The minimum absolute atomic E-state index is 0.714. The van der Waals surface area contributed by atoms with Crippen LogP contribution in [0.25, 0.3) is 80.9 Å². The van der Waals surface area contributed by atoms with Crippen LogP contribution in [0.2, 0.25) is 0 Å². The van der Waals surface area contributed by atoms with Crippen molar-refractivity contribution in [2.75, 3.05) is 4.90 Å². The lowest BCUT2D eigenvalue weighted by atomic mass is 10.0. The lowest BCUT2D eigenvalue weighted by Gasteiger charge is -2.25. The van der Waals surface area contributed by atoms with Crippen LogP contribution in [-0.2, 0) is 0 Å². The number of nitrogens with zero attached hydrogens (tertiary/aromatic N) is 4. The van der Waals surface area contributed by atoms with Gasteiger partial charge in [-0.1, -0.05) is 140 Å². The predicted molar refractivity (Wildman–Crippen MR) is 224 cm³/mol. The highest BCUT2D eigenvalue weighted by atomic mass is 32.1. The molecule has 0 bridgehead atoms. The van der Waals surface area contributed by atoms with Gasteiger partial charge in [-0.25, -0.2) is 9.97 Å². The van der Waals surface area contributed by atoms with Crippen LogP contribution >= 0.6 is 11.3 Å². The molecule has 0 unspecified atom stereocenters. The maximum Gasteiger partial charge on any atom is 0.163 e. The van der Waals surface area contributed by atoms with E-state index < -0.39 is 0 Å². The highest BCUT2D eigenvalue weighted by molar-refractivity contribution is 7.26. The second-order valence-corrected chi connectivity index (χ2v) is 14.4. The van der Waals surface area contributed by atoms with E-state index >= 15 is 0 Å². The molecule has 8 aromatic carbocycles. The summed E-state index contributed by atoms with van der Waals surface area (Å²) in [6.45, 7) is 0. The number of rotatable bonds is 5. The molecule has 4 nitrogen and oxygen atoms in total. The van der Waals surface area contributed by atoms with Crippen LogP contribution in [0, 0.1) is 0 Å². The van der Waals surface area contributed by atoms with Crippen molar-refractivity contribution in [1.82, 2.24) is 14.5 Å². The number of thiophene rings is 1. The lowest BCUT2D eigenvalue weighted by molar-refractivity contribution is 1.08. The lowest BCUT2D eigenvalue weighted by Crippen LogP contribution is -2.10. The van der Waals surface area contributed by atoms with Gasteiger partial charge in [-0.3, -0.25) is 4.57 Å². The van der Waals surface area contributed by atoms with Crippen molar-refractivity contribution >= 4 is 92.1 Å². The summed E-state index contributed by atoms with van der Waals surface area (Å²) in [5.41, 5.74) is 6.45. The molecule has 0 aliphatic carbocycles. The van der Waals surface area contributed by atoms with Crippen molar-refractivity contribution in [2.45, 2.75) is 0 Å². The van der Waals surface area contributed by atoms with Gasteiger partial charge < -0.3 is 4.90 Å². The fraction of sp³-hybridized carbons (Fsp3) is 0. The molecule has 0 atom stereocenters. The number of hydrogen-bond acceptors (Lipinski definition) is 4. The maximum atomic E-state index is 5.53. The molecule has 3 heterocycles. The summed E-state index contributed by atoms with van der Waals surface area (Å²) < 4.78 is 3.62. The summed E-state index contributed by atoms with van der Waals surface area (Å²) in [6, 6.07) is 64.8. The Labute approximate surface area is 309 Å². The monoisotopic (exact) mass is 694 g/mol. The number of fused-ring (bicyclic) bond motifs is 10. The zero-order valence-corrected chi connectivity index (χ0v) is 29.3. The van der Waals surface area contributed by atoms with Gasteiger partial charge in [0.2, 0.25) is 0 Å². The van der Waals surface area contributed by atoms with Crippen LogP contribution in [0.1, 0.15) is 0 Å². The summed E-state index contributed by atoms with van der Waals surface area (Å²) in [6.07, 6.45) is 0. The topological polar surface area (TPSA) is 34.0 Å². The van der Waals surface area contributed by atoms with Crippen molar-refractivity contribution in [3.05, 3.63) is 182 Å².